The van der Waals surface area contributed by atoms with Crippen LogP contribution in [0.3, 0.4) is 0 Å². The van der Waals surface area contributed by atoms with Crippen LogP contribution in [0.15, 0.2) is 24.3 Å². The van der Waals surface area contributed by atoms with E-state index < -0.39 is 0 Å². The van der Waals surface area contributed by atoms with Crippen LogP contribution in [0.25, 0.3) is 0 Å². The molecular formula is C13H19BrO. The Labute approximate surface area is 101 Å². The van der Waals surface area contributed by atoms with Gasteiger partial charge in [0.25, 0.3) is 0 Å². The zero-order valence-electron chi connectivity index (χ0n) is 9.66. The smallest absolute Gasteiger partial charge is 0.122 e. The SMILES string of the molecule is CC(CBr)COc1ccccc1C(C)C. The van der Waals surface area contributed by atoms with Gasteiger partial charge in [-0.2, -0.15) is 0 Å². The fraction of sp³-hybridized carbons (Fsp3) is 0.538. The molecule has 0 aromatic heterocycles. The molecule has 0 spiro atoms. The van der Waals surface area contributed by atoms with Gasteiger partial charge in [-0.15, -0.1) is 0 Å². The zero-order valence-corrected chi connectivity index (χ0v) is 11.3. The van der Waals surface area contributed by atoms with Crippen LogP contribution >= 0.6 is 15.9 Å². The van der Waals surface area contributed by atoms with Crippen molar-refractivity contribution in [2.45, 2.75) is 26.7 Å². The number of para-hydroxylation sites is 1. The first kappa shape index (κ1) is 12.6. The summed E-state index contributed by atoms with van der Waals surface area (Å²) in [4.78, 5) is 0. The molecule has 1 nitrogen and oxygen atoms in total. The molecule has 0 N–H and O–H groups in total. The molecule has 0 fully saturated rings. The molecule has 0 amide bonds. The van der Waals surface area contributed by atoms with Crippen molar-refractivity contribution < 1.29 is 4.74 Å². The predicted octanol–water partition coefficient (Wildman–Crippen LogP) is 4.22. The predicted molar refractivity (Wildman–Crippen MR) is 69.0 cm³/mol. The van der Waals surface area contributed by atoms with Crippen molar-refractivity contribution in [3.63, 3.8) is 0 Å². The number of halogens is 1. The number of ether oxygens (including phenoxy) is 1. The van der Waals surface area contributed by atoms with E-state index in [2.05, 4.69) is 54.9 Å². The summed E-state index contributed by atoms with van der Waals surface area (Å²) in [6, 6.07) is 8.28. The van der Waals surface area contributed by atoms with Crippen LogP contribution in [0.2, 0.25) is 0 Å². The summed E-state index contributed by atoms with van der Waals surface area (Å²) in [5, 5.41) is 0.983. The van der Waals surface area contributed by atoms with Gasteiger partial charge < -0.3 is 4.74 Å². The molecule has 0 saturated heterocycles. The largest absolute Gasteiger partial charge is 0.493 e. The third-order valence-electron chi connectivity index (χ3n) is 2.33. The van der Waals surface area contributed by atoms with Crippen LogP contribution in [-0.2, 0) is 0 Å². The molecule has 1 atom stereocenters. The van der Waals surface area contributed by atoms with E-state index in [-0.39, 0.29) is 0 Å². The lowest BCUT2D eigenvalue weighted by atomic mass is 10.0. The number of alkyl halides is 1. The van der Waals surface area contributed by atoms with Crippen molar-refractivity contribution in [2.75, 3.05) is 11.9 Å². The van der Waals surface area contributed by atoms with Crippen molar-refractivity contribution in [2.24, 2.45) is 5.92 Å². The average Bonchev–Trinajstić information content (AvgIpc) is 2.26. The lowest BCUT2D eigenvalue weighted by Gasteiger charge is -2.15. The van der Waals surface area contributed by atoms with E-state index in [1.165, 1.54) is 5.56 Å². The van der Waals surface area contributed by atoms with Crippen LogP contribution in [-0.4, -0.2) is 11.9 Å². The Morgan fingerprint density at radius 1 is 1.20 bits per heavy atom. The Bertz CT molecular complexity index is 296. The third kappa shape index (κ3) is 3.86. The van der Waals surface area contributed by atoms with Gasteiger partial charge in [0.2, 0.25) is 0 Å². The van der Waals surface area contributed by atoms with E-state index in [9.17, 15) is 0 Å². The molecule has 0 bridgehead atoms. The number of rotatable bonds is 5. The van der Waals surface area contributed by atoms with E-state index in [0.717, 1.165) is 17.7 Å². The highest BCUT2D eigenvalue weighted by molar-refractivity contribution is 9.09. The average molecular weight is 271 g/mol. The van der Waals surface area contributed by atoms with Gasteiger partial charge >= 0.3 is 0 Å². The van der Waals surface area contributed by atoms with E-state index in [1.807, 2.05) is 6.07 Å². The first-order chi connectivity index (χ1) is 7.15. The minimum atomic E-state index is 0.514. The minimum absolute atomic E-state index is 0.514. The fourth-order valence-corrected chi connectivity index (χ4v) is 1.55. The second kappa shape index (κ2) is 6.16. The van der Waals surface area contributed by atoms with Crippen molar-refractivity contribution in [3.8, 4) is 5.75 Å². The standard InChI is InChI=1S/C13H19BrO/c1-10(2)12-6-4-5-7-13(12)15-9-11(3)8-14/h4-7,10-11H,8-9H2,1-3H3. The van der Waals surface area contributed by atoms with Crippen LogP contribution in [0, 0.1) is 5.92 Å². The Morgan fingerprint density at radius 3 is 2.47 bits per heavy atom. The van der Waals surface area contributed by atoms with Gasteiger partial charge in [-0.25, -0.2) is 0 Å². The van der Waals surface area contributed by atoms with Crippen molar-refractivity contribution in [1.82, 2.24) is 0 Å². The number of hydrogen-bond acceptors (Lipinski definition) is 1. The van der Waals surface area contributed by atoms with Gasteiger partial charge in [0.1, 0.15) is 5.75 Å². The van der Waals surface area contributed by atoms with E-state index in [1.54, 1.807) is 0 Å². The zero-order chi connectivity index (χ0) is 11.3. The Balaban J connectivity index is 2.67. The lowest BCUT2D eigenvalue weighted by molar-refractivity contribution is 0.271. The monoisotopic (exact) mass is 270 g/mol. The molecule has 2 heteroatoms. The summed E-state index contributed by atoms with van der Waals surface area (Å²) >= 11 is 3.46. The van der Waals surface area contributed by atoms with Crippen molar-refractivity contribution in [3.05, 3.63) is 29.8 Å². The maximum absolute atomic E-state index is 5.82. The quantitative estimate of drug-likeness (QED) is 0.728. The summed E-state index contributed by atoms with van der Waals surface area (Å²) in [5.74, 6) is 2.09. The molecule has 1 aromatic carbocycles. The Kier molecular flexibility index (Phi) is 5.16. The second-order valence-corrected chi connectivity index (χ2v) is 4.91. The number of hydrogen-bond donors (Lipinski definition) is 0. The van der Waals surface area contributed by atoms with Crippen LogP contribution in [0.5, 0.6) is 5.75 Å². The summed E-state index contributed by atoms with van der Waals surface area (Å²) in [7, 11) is 0. The van der Waals surface area contributed by atoms with Crippen molar-refractivity contribution >= 4 is 15.9 Å². The first-order valence-corrected chi connectivity index (χ1v) is 6.55. The molecule has 1 rings (SSSR count). The highest BCUT2D eigenvalue weighted by Crippen LogP contribution is 2.26. The molecule has 0 aliphatic heterocycles. The molecule has 0 aliphatic rings. The molecule has 0 aliphatic carbocycles. The van der Waals surface area contributed by atoms with Crippen LogP contribution < -0.4 is 4.74 Å². The fourth-order valence-electron chi connectivity index (χ4n) is 1.37. The molecule has 15 heavy (non-hydrogen) atoms. The lowest BCUT2D eigenvalue weighted by Crippen LogP contribution is -2.10. The molecule has 0 saturated carbocycles. The van der Waals surface area contributed by atoms with E-state index >= 15 is 0 Å². The maximum Gasteiger partial charge on any atom is 0.122 e. The maximum atomic E-state index is 5.82. The van der Waals surface area contributed by atoms with Gasteiger partial charge in [0, 0.05) is 5.33 Å². The normalized spacial score (nSPS) is 12.9. The van der Waals surface area contributed by atoms with Crippen molar-refractivity contribution in [1.29, 1.82) is 0 Å². The highest BCUT2D eigenvalue weighted by atomic mass is 79.9. The number of benzene rings is 1. The van der Waals surface area contributed by atoms with Gasteiger partial charge in [-0.05, 0) is 23.5 Å². The van der Waals surface area contributed by atoms with Crippen LogP contribution in [0.1, 0.15) is 32.3 Å². The summed E-state index contributed by atoms with van der Waals surface area (Å²) in [5.41, 5.74) is 1.29. The van der Waals surface area contributed by atoms with Gasteiger partial charge in [0.05, 0.1) is 6.61 Å². The molecular weight excluding hydrogens is 252 g/mol. The second-order valence-electron chi connectivity index (χ2n) is 4.26. The summed E-state index contributed by atoms with van der Waals surface area (Å²) < 4.78 is 5.82. The topological polar surface area (TPSA) is 9.23 Å². The first-order valence-electron chi connectivity index (χ1n) is 5.42. The highest BCUT2D eigenvalue weighted by Gasteiger charge is 2.08. The minimum Gasteiger partial charge on any atom is -0.493 e. The van der Waals surface area contributed by atoms with Crippen LogP contribution in [0.4, 0.5) is 0 Å². The molecule has 0 heterocycles. The van der Waals surface area contributed by atoms with E-state index in [0.29, 0.717) is 11.8 Å². The molecule has 0 radical (unpaired) electrons. The summed E-state index contributed by atoms with van der Waals surface area (Å²) in [6.45, 7) is 7.33. The molecule has 1 unspecified atom stereocenters. The van der Waals surface area contributed by atoms with Gasteiger partial charge in [-0.1, -0.05) is 54.9 Å². The Hall–Kier alpha value is -0.500. The van der Waals surface area contributed by atoms with Gasteiger partial charge in [-0.3, -0.25) is 0 Å². The third-order valence-corrected chi connectivity index (χ3v) is 3.43. The van der Waals surface area contributed by atoms with Gasteiger partial charge in [0.15, 0.2) is 0 Å². The molecule has 84 valence electrons. The molecule has 1 aromatic rings. The Morgan fingerprint density at radius 2 is 1.87 bits per heavy atom. The summed E-state index contributed by atoms with van der Waals surface area (Å²) in [6.07, 6.45) is 0. The van der Waals surface area contributed by atoms with E-state index in [4.69, 9.17) is 4.74 Å².